The predicted molar refractivity (Wildman–Crippen MR) is 98.6 cm³/mol. The van der Waals surface area contributed by atoms with Crippen LogP contribution in [-0.2, 0) is 6.42 Å². The van der Waals surface area contributed by atoms with Crippen LogP contribution in [0.2, 0.25) is 0 Å². The van der Waals surface area contributed by atoms with Crippen LogP contribution in [0.25, 0.3) is 0 Å². The molecule has 2 aromatic rings. The highest BCUT2D eigenvalue weighted by Crippen LogP contribution is 2.16. The van der Waals surface area contributed by atoms with Crippen molar-refractivity contribution in [1.82, 2.24) is 10.6 Å². The van der Waals surface area contributed by atoms with Gasteiger partial charge in [-0.15, -0.1) is 0 Å². The molecule has 0 spiro atoms. The lowest BCUT2D eigenvalue weighted by molar-refractivity contribution is 0.115. The van der Waals surface area contributed by atoms with E-state index in [1.54, 1.807) is 0 Å². The van der Waals surface area contributed by atoms with Crippen LogP contribution in [0, 0.1) is 0 Å². The molecule has 1 amide bonds. The molecule has 3 atom stereocenters. The van der Waals surface area contributed by atoms with Crippen molar-refractivity contribution in [3.05, 3.63) is 71.8 Å². The van der Waals surface area contributed by atoms with Gasteiger partial charge in [0.05, 0.1) is 12.1 Å². The fraction of sp³-hybridized carbons (Fsp3) is 0.350. The first-order valence-corrected chi connectivity index (χ1v) is 8.60. The molecule has 5 heteroatoms. The van der Waals surface area contributed by atoms with E-state index in [2.05, 4.69) is 17.6 Å². The van der Waals surface area contributed by atoms with Gasteiger partial charge in [0.25, 0.3) is 0 Å². The van der Waals surface area contributed by atoms with Crippen molar-refractivity contribution >= 4 is 6.09 Å². The van der Waals surface area contributed by atoms with Crippen LogP contribution in [0.3, 0.4) is 0 Å². The van der Waals surface area contributed by atoms with E-state index in [4.69, 9.17) is 5.11 Å². The minimum absolute atomic E-state index is 0.123. The van der Waals surface area contributed by atoms with Crippen LogP contribution in [0.15, 0.2) is 60.7 Å². The minimum Gasteiger partial charge on any atom is -0.465 e. The SMILES string of the molecule is CC[C@@H](NC[C@@H](O)[C@H](Cc1ccccc1)NC(=O)O)c1ccccc1. The number of hydrogen-bond donors (Lipinski definition) is 4. The number of amides is 1. The van der Waals surface area contributed by atoms with E-state index < -0.39 is 18.2 Å². The fourth-order valence-corrected chi connectivity index (χ4v) is 2.90. The van der Waals surface area contributed by atoms with Crippen LogP contribution in [0.4, 0.5) is 4.79 Å². The zero-order valence-electron chi connectivity index (χ0n) is 14.4. The van der Waals surface area contributed by atoms with Gasteiger partial charge in [-0.25, -0.2) is 4.79 Å². The summed E-state index contributed by atoms with van der Waals surface area (Å²) in [6, 6.07) is 19.2. The van der Waals surface area contributed by atoms with E-state index in [-0.39, 0.29) is 6.04 Å². The summed E-state index contributed by atoms with van der Waals surface area (Å²) < 4.78 is 0. The molecule has 2 rings (SSSR count). The zero-order chi connectivity index (χ0) is 18.1. The Morgan fingerprint density at radius 1 is 1.04 bits per heavy atom. The quantitative estimate of drug-likeness (QED) is 0.565. The number of hydrogen-bond acceptors (Lipinski definition) is 3. The van der Waals surface area contributed by atoms with E-state index in [0.29, 0.717) is 13.0 Å². The number of carboxylic acid groups (broad SMARTS) is 1. The van der Waals surface area contributed by atoms with Crippen molar-refractivity contribution in [3.63, 3.8) is 0 Å². The fourth-order valence-electron chi connectivity index (χ4n) is 2.90. The van der Waals surface area contributed by atoms with E-state index in [0.717, 1.165) is 17.5 Å². The molecule has 0 heterocycles. The first-order valence-electron chi connectivity index (χ1n) is 8.60. The smallest absolute Gasteiger partial charge is 0.404 e. The van der Waals surface area contributed by atoms with E-state index in [1.807, 2.05) is 60.7 Å². The van der Waals surface area contributed by atoms with Gasteiger partial charge in [-0.05, 0) is 24.0 Å². The highest BCUT2D eigenvalue weighted by atomic mass is 16.4. The van der Waals surface area contributed by atoms with Crippen molar-refractivity contribution in [2.24, 2.45) is 0 Å². The Morgan fingerprint density at radius 3 is 2.20 bits per heavy atom. The number of benzene rings is 2. The molecule has 25 heavy (non-hydrogen) atoms. The summed E-state index contributed by atoms with van der Waals surface area (Å²) in [4.78, 5) is 11.1. The molecule has 0 aliphatic heterocycles. The lowest BCUT2D eigenvalue weighted by Crippen LogP contribution is -2.48. The van der Waals surface area contributed by atoms with Crippen LogP contribution in [0.1, 0.15) is 30.5 Å². The second kappa shape index (κ2) is 9.81. The third-order valence-corrected chi connectivity index (χ3v) is 4.26. The molecule has 0 aromatic heterocycles. The molecule has 0 radical (unpaired) electrons. The predicted octanol–water partition coefficient (Wildman–Crippen LogP) is 2.97. The van der Waals surface area contributed by atoms with Crippen molar-refractivity contribution in [2.75, 3.05) is 6.54 Å². The number of aliphatic hydroxyl groups is 1. The third kappa shape index (κ3) is 6.21. The Labute approximate surface area is 148 Å². The maximum absolute atomic E-state index is 11.1. The Bertz CT molecular complexity index is 634. The second-order valence-electron chi connectivity index (χ2n) is 6.09. The molecule has 0 bridgehead atoms. The molecule has 0 aliphatic carbocycles. The van der Waals surface area contributed by atoms with Crippen molar-refractivity contribution in [2.45, 2.75) is 38.0 Å². The Balaban J connectivity index is 1.98. The maximum atomic E-state index is 11.1. The average molecular weight is 342 g/mol. The zero-order valence-corrected chi connectivity index (χ0v) is 14.4. The second-order valence-corrected chi connectivity index (χ2v) is 6.09. The average Bonchev–Trinajstić information content (AvgIpc) is 2.63. The summed E-state index contributed by atoms with van der Waals surface area (Å²) in [7, 11) is 0. The molecule has 0 unspecified atom stereocenters. The summed E-state index contributed by atoms with van der Waals surface area (Å²) in [6.07, 6.45) is -0.631. The Morgan fingerprint density at radius 2 is 1.64 bits per heavy atom. The van der Waals surface area contributed by atoms with Gasteiger partial charge in [-0.1, -0.05) is 67.6 Å². The molecule has 0 fully saturated rings. The molecular weight excluding hydrogens is 316 g/mol. The molecule has 134 valence electrons. The van der Waals surface area contributed by atoms with Gasteiger partial charge in [0.1, 0.15) is 0 Å². The van der Waals surface area contributed by atoms with Gasteiger partial charge < -0.3 is 20.8 Å². The number of rotatable bonds is 9. The normalized spacial score (nSPS) is 14.5. The molecule has 0 saturated carbocycles. The molecule has 5 nitrogen and oxygen atoms in total. The van der Waals surface area contributed by atoms with Crippen LogP contribution >= 0.6 is 0 Å². The van der Waals surface area contributed by atoms with Gasteiger partial charge in [-0.3, -0.25) is 0 Å². The Hall–Kier alpha value is -2.37. The largest absolute Gasteiger partial charge is 0.465 e. The van der Waals surface area contributed by atoms with Gasteiger partial charge in [-0.2, -0.15) is 0 Å². The number of carbonyl (C=O) groups is 1. The molecule has 0 aliphatic rings. The van der Waals surface area contributed by atoms with E-state index in [1.165, 1.54) is 0 Å². The maximum Gasteiger partial charge on any atom is 0.404 e. The summed E-state index contributed by atoms with van der Waals surface area (Å²) in [6.45, 7) is 2.39. The van der Waals surface area contributed by atoms with E-state index in [9.17, 15) is 9.90 Å². The summed E-state index contributed by atoms with van der Waals surface area (Å²) >= 11 is 0. The first kappa shape index (κ1) is 19.0. The molecule has 2 aromatic carbocycles. The topological polar surface area (TPSA) is 81.6 Å². The van der Waals surface area contributed by atoms with Crippen LogP contribution in [0.5, 0.6) is 0 Å². The van der Waals surface area contributed by atoms with Crippen LogP contribution < -0.4 is 10.6 Å². The molecular formula is C20H26N2O3. The highest BCUT2D eigenvalue weighted by molar-refractivity contribution is 5.65. The minimum atomic E-state index is -1.13. The number of aliphatic hydroxyl groups excluding tert-OH is 1. The Kier molecular flexibility index (Phi) is 7.44. The summed E-state index contributed by atoms with van der Waals surface area (Å²) in [5.41, 5.74) is 2.14. The molecule has 4 N–H and O–H groups in total. The van der Waals surface area contributed by atoms with Crippen molar-refractivity contribution in [3.8, 4) is 0 Å². The first-order chi connectivity index (χ1) is 12.1. The van der Waals surface area contributed by atoms with Gasteiger partial charge >= 0.3 is 6.09 Å². The number of nitrogens with one attached hydrogen (secondary N) is 2. The highest BCUT2D eigenvalue weighted by Gasteiger charge is 2.22. The van der Waals surface area contributed by atoms with E-state index >= 15 is 0 Å². The van der Waals surface area contributed by atoms with Gasteiger partial charge in [0.15, 0.2) is 0 Å². The summed E-state index contributed by atoms with van der Waals surface area (Å²) in [5.74, 6) is 0. The third-order valence-electron chi connectivity index (χ3n) is 4.26. The lowest BCUT2D eigenvalue weighted by atomic mass is 10.00. The standard InChI is InChI=1S/C20H26N2O3/c1-2-17(16-11-7-4-8-12-16)21-14-19(23)18(22-20(24)25)13-15-9-5-3-6-10-15/h3-12,17-19,21-23H,2,13-14H2,1H3,(H,24,25)/t17-,18+,19-/m1/s1. The lowest BCUT2D eigenvalue weighted by Gasteiger charge is -2.26. The molecule has 0 saturated heterocycles. The van der Waals surface area contributed by atoms with Crippen molar-refractivity contribution < 1.29 is 15.0 Å². The van der Waals surface area contributed by atoms with Gasteiger partial charge in [0.2, 0.25) is 0 Å². The van der Waals surface area contributed by atoms with Crippen molar-refractivity contribution in [1.29, 1.82) is 0 Å². The van der Waals surface area contributed by atoms with Crippen LogP contribution in [-0.4, -0.2) is 35.0 Å². The monoisotopic (exact) mass is 342 g/mol. The van der Waals surface area contributed by atoms with Gasteiger partial charge in [0, 0.05) is 12.6 Å². The summed E-state index contributed by atoms with van der Waals surface area (Å²) in [5, 5.41) is 25.4.